The van der Waals surface area contributed by atoms with E-state index in [1.54, 1.807) is 13.0 Å². The average molecular weight is 275 g/mol. The van der Waals surface area contributed by atoms with Gasteiger partial charge in [0.05, 0.1) is 17.7 Å². The van der Waals surface area contributed by atoms with Gasteiger partial charge in [-0.2, -0.15) is 5.26 Å². The molecule has 18 heavy (non-hydrogen) atoms. The molecular formula is C11H9ClF2N2O2. The predicted molar refractivity (Wildman–Crippen MR) is 59.4 cm³/mol. The van der Waals surface area contributed by atoms with Gasteiger partial charge in [-0.15, -0.1) is 11.6 Å². The molecule has 0 N–H and O–H groups in total. The van der Waals surface area contributed by atoms with E-state index in [0.717, 1.165) is 6.20 Å². The molecule has 0 unspecified atom stereocenters. The van der Waals surface area contributed by atoms with Gasteiger partial charge in [0.2, 0.25) is 0 Å². The molecule has 0 fully saturated rings. The van der Waals surface area contributed by atoms with Gasteiger partial charge in [0, 0.05) is 12.1 Å². The Hall–Kier alpha value is -1.74. The Morgan fingerprint density at radius 3 is 2.78 bits per heavy atom. The number of hydrogen-bond donors (Lipinski definition) is 0. The molecule has 0 saturated heterocycles. The van der Waals surface area contributed by atoms with Gasteiger partial charge >= 0.3 is 5.97 Å². The topological polar surface area (TPSA) is 63.0 Å². The van der Waals surface area contributed by atoms with Crippen molar-refractivity contribution in [1.82, 2.24) is 4.98 Å². The van der Waals surface area contributed by atoms with Crippen molar-refractivity contribution in [1.29, 1.82) is 5.26 Å². The zero-order valence-corrected chi connectivity index (χ0v) is 10.2. The summed E-state index contributed by atoms with van der Waals surface area (Å²) in [6.07, 6.45) is -1.92. The Bertz CT molecular complexity index is 501. The molecule has 1 aromatic heterocycles. The maximum absolute atomic E-state index is 13.0. The van der Waals surface area contributed by atoms with Crippen molar-refractivity contribution in [3.63, 3.8) is 0 Å². The molecule has 0 amide bonds. The fourth-order valence-corrected chi connectivity index (χ4v) is 1.69. The molecule has 7 heteroatoms. The highest BCUT2D eigenvalue weighted by atomic mass is 35.5. The third-order valence-corrected chi connectivity index (χ3v) is 2.44. The molecule has 0 atom stereocenters. The molecule has 96 valence electrons. The van der Waals surface area contributed by atoms with Crippen molar-refractivity contribution in [2.24, 2.45) is 0 Å². The van der Waals surface area contributed by atoms with Crippen molar-refractivity contribution in [3.05, 3.63) is 28.6 Å². The fraction of sp³-hybridized carbons (Fsp3) is 0.364. The monoisotopic (exact) mass is 274 g/mol. The maximum atomic E-state index is 13.0. The third kappa shape index (κ3) is 2.74. The number of carbonyl (C=O) groups is 1. The Labute approximate surface area is 107 Å². The number of nitriles is 1. The second-order valence-corrected chi connectivity index (χ2v) is 3.45. The molecular weight excluding hydrogens is 266 g/mol. The molecule has 0 radical (unpaired) electrons. The first-order valence-corrected chi connectivity index (χ1v) is 5.53. The number of esters is 1. The van der Waals surface area contributed by atoms with Crippen molar-refractivity contribution >= 4 is 17.6 Å². The lowest BCUT2D eigenvalue weighted by atomic mass is 10.0. The lowest BCUT2D eigenvalue weighted by Crippen LogP contribution is -2.14. The zero-order valence-electron chi connectivity index (χ0n) is 9.41. The minimum Gasteiger partial charge on any atom is -0.461 e. The van der Waals surface area contributed by atoms with Gasteiger partial charge in [-0.3, -0.25) is 0 Å². The van der Waals surface area contributed by atoms with Crippen LogP contribution in [0, 0.1) is 11.3 Å². The van der Waals surface area contributed by atoms with E-state index in [1.807, 2.05) is 0 Å². The minimum atomic E-state index is -2.96. The second kappa shape index (κ2) is 6.26. The van der Waals surface area contributed by atoms with Crippen LogP contribution in [0.25, 0.3) is 0 Å². The summed E-state index contributed by atoms with van der Waals surface area (Å²) in [6, 6.07) is 1.71. The summed E-state index contributed by atoms with van der Waals surface area (Å²) in [5, 5.41) is 8.78. The van der Waals surface area contributed by atoms with E-state index in [4.69, 9.17) is 16.9 Å². The summed E-state index contributed by atoms with van der Waals surface area (Å²) in [4.78, 5) is 15.1. The summed E-state index contributed by atoms with van der Waals surface area (Å²) in [7, 11) is 0. The van der Waals surface area contributed by atoms with Crippen molar-refractivity contribution in [2.45, 2.75) is 19.2 Å². The molecule has 0 aliphatic carbocycles. The maximum Gasteiger partial charge on any atom is 0.357 e. The molecule has 0 aliphatic rings. The lowest BCUT2D eigenvalue weighted by molar-refractivity contribution is 0.0507. The van der Waals surface area contributed by atoms with E-state index in [2.05, 4.69) is 9.72 Å². The van der Waals surface area contributed by atoms with E-state index in [9.17, 15) is 13.6 Å². The van der Waals surface area contributed by atoms with Crippen LogP contribution < -0.4 is 0 Å². The summed E-state index contributed by atoms with van der Waals surface area (Å²) in [6.45, 7) is 1.59. The molecule has 4 nitrogen and oxygen atoms in total. The summed E-state index contributed by atoms with van der Waals surface area (Å²) >= 11 is 5.55. The number of rotatable bonds is 4. The number of hydrogen-bond acceptors (Lipinski definition) is 4. The minimum absolute atomic E-state index is 0.0411. The summed E-state index contributed by atoms with van der Waals surface area (Å²) in [5.41, 5.74) is -1.30. The van der Waals surface area contributed by atoms with Gasteiger partial charge in [-0.05, 0) is 12.5 Å². The molecule has 1 rings (SSSR count). The Kier molecular flexibility index (Phi) is 4.98. The quantitative estimate of drug-likeness (QED) is 0.625. The van der Waals surface area contributed by atoms with Crippen LogP contribution in [-0.2, 0) is 10.6 Å². The van der Waals surface area contributed by atoms with Crippen molar-refractivity contribution in [3.8, 4) is 6.07 Å². The molecule has 0 saturated carbocycles. The molecule has 0 spiro atoms. The van der Waals surface area contributed by atoms with E-state index in [0.29, 0.717) is 0 Å². The summed E-state index contributed by atoms with van der Waals surface area (Å²) < 4.78 is 30.6. The SMILES string of the molecule is CCOC(=O)c1ncc(C#N)c(CCl)c1C(F)F. The number of alkyl halides is 3. The molecule has 1 heterocycles. The van der Waals surface area contributed by atoms with Crippen LogP contribution in [0.2, 0.25) is 0 Å². The van der Waals surface area contributed by atoms with Crippen molar-refractivity contribution in [2.75, 3.05) is 6.61 Å². The normalized spacial score (nSPS) is 10.2. The summed E-state index contributed by atoms with van der Waals surface area (Å²) in [5.74, 6) is -1.26. The number of carbonyl (C=O) groups excluding carboxylic acids is 1. The number of pyridine rings is 1. The standard InChI is InChI=1S/C11H9ClF2N2O2/c1-2-18-11(17)9-8(10(13)14)7(3-12)6(4-15)5-16-9/h5,10H,2-3H2,1H3. The van der Waals surface area contributed by atoms with Crippen LogP contribution in [0.5, 0.6) is 0 Å². The molecule has 0 aliphatic heterocycles. The predicted octanol–water partition coefficient (Wildman–Crippen LogP) is 2.81. The first kappa shape index (κ1) is 14.3. The largest absolute Gasteiger partial charge is 0.461 e. The van der Waals surface area contributed by atoms with Crippen LogP contribution >= 0.6 is 11.6 Å². The van der Waals surface area contributed by atoms with Crippen LogP contribution in [0.15, 0.2) is 6.20 Å². The van der Waals surface area contributed by atoms with E-state index >= 15 is 0 Å². The van der Waals surface area contributed by atoms with Gasteiger partial charge < -0.3 is 4.74 Å². The van der Waals surface area contributed by atoms with Gasteiger partial charge in [0.1, 0.15) is 6.07 Å². The highest BCUT2D eigenvalue weighted by Gasteiger charge is 2.26. The highest BCUT2D eigenvalue weighted by molar-refractivity contribution is 6.17. The van der Waals surface area contributed by atoms with Gasteiger partial charge in [0.25, 0.3) is 6.43 Å². The first-order valence-electron chi connectivity index (χ1n) is 4.99. The molecule has 1 aromatic rings. The zero-order chi connectivity index (χ0) is 13.7. The number of ether oxygens (including phenoxy) is 1. The Balaban J connectivity index is 3.45. The number of halogens is 3. The fourth-order valence-electron chi connectivity index (χ4n) is 1.40. The smallest absolute Gasteiger partial charge is 0.357 e. The van der Waals surface area contributed by atoms with Gasteiger partial charge in [0.15, 0.2) is 5.69 Å². The van der Waals surface area contributed by atoms with E-state index in [-0.39, 0.29) is 23.6 Å². The van der Waals surface area contributed by atoms with Crippen LogP contribution in [0.1, 0.15) is 40.5 Å². The number of nitrogens with zero attached hydrogens (tertiary/aromatic N) is 2. The third-order valence-electron chi connectivity index (χ3n) is 2.17. The molecule has 0 aromatic carbocycles. The highest BCUT2D eigenvalue weighted by Crippen LogP contribution is 2.29. The van der Waals surface area contributed by atoms with E-state index < -0.39 is 23.7 Å². The Morgan fingerprint density at radius 2 is 2.33 bits per heavy atom. The average Bonchev–Trinajstić information content (AvgIpc) is 2.36. The van der Waals surface area contributed by atoms with Gasteiger partial charge in [-0.25, -0.2) is 18.6 Å². The second-order valence-electron chi connectivity index (χ2n) is 3.18. The molecule has 0 bridgehead atoms. The van der Waals surface area contributed by atoms with Crippen LogP contribution in [0.4, 0.5) is 8.78 Å². The van der Waals surface area contributed by atoms with Crippen LogP contribution in [0.3, 0.4) is 0 Å². The van der Waals surface area contributed by atoms with Crippen molar-refractivity contribution < 1.29 is 18.3 Å². The van der Waals surface area contributed by atoms with E-state index in [1.165, 1.54) is 0 Å². The Morgan fingerprint density at radius 1 is 1.67 bits per heavy atom. The first-order chi connectivity index (χ1) is 8.56. The lowest BCUT2D eigenvalue weighted by Gasteiger charge is -2.12. The van der Waals surface area contributed by atoms with Gasteiger partial charge in [-0.1, -0.05) is 0 Å². The van der Waals surface area contributed by atoms with Crippen LogP contribution in [-0.4, -0.2) is 17.6 Å². The number of aromatic nitrogens is 1.